The van der Waals surface area contributed by atoms with Gasteiger partial charge in [0.1, 0.15) is 18.0 Å². The van der Waals surface area contributed by atoms with Crippen molar-refractivity contribution >= 4 is 11.6 Å². The van der Waals surface area contributed by atoms with E-state index in [1.54, 1.807) is 6.07 Å². The maximum atomic E-state index is 5.60. The van der Waals surface area contributed by atoms with Crippen LogP contribution in [0.1, 0.15) is 24.1 Å². The van der Waals surface area contributed by atoms with E-state index >= 15 is 0 Å². The van der Waals surface area contributed by atoms with Crippen LogP contribution in [-0.4, -0.2) is 9.97 Å². The maximum absolute atomic E-state index is 5.60. The Bertz CT molecular complexity index is 493. The van der Waals surface area contributed by atoms with Crippen molar-refractivity contribution in [2.45, 2.75) is 19.9 Å². The van der Waals surface area contributed by atoms with Gasteiger partial charge in [0.15, 0.2) is 0 Å². The number of nitrogens with one attached hydrogen (secondary N) is 1. The summed E-state index contributed by atoms with van der Waals surface area (Å²) in [4.78, 5) is 7.98. The molecule has 1 heterocycles. The number of aryl methyl sites for hydroxylation is 1. The standard InChI is InChI=1S/C13H16N4/c1-9-3-5-11(6-4-9)10(2)17-13-7-12(14)15-8-16-13/h3-8,10H,1-2H3,(H3,14,15,16,17). The van der Waals surface area contributed by atoms with E-state index in [1.165, 1.54) is 17.5 Å². The fraction of sp³-hybridized carbons (Fsp3) is 0.231. The summed E-state index contributed by atoms with van der Waals surface area (Å²) in [7, 11) is 0. The van der Waals surface area contributed by atoms with Gasteiger partial charge in [-0.05, 0) is 19.4 Å². The molecule has 2 aromatic rings. The quantitative estimate of drug-likeness (QED) is 0.847. The van der Waals surface area contributed by atoms with Crippen LogP contribution in [0.25, 0.3) is 0 Å². The average Bonchev–Trinajstić information content (AvgIpc) is 2.29. The molecule has 4 nitrogen and oxygen atoms in total. The Morgan fingerprint density at radius 1 is 1.18 bits per heavy atom. The lowest BCUT2D eigenvalue weighted by molar-refractivity contribution is 0.872. The van der Waals surface area contributed by atoms with Crippen LogP contribution in [0.3, 0.4) is 0 Å². The molecule has 0 amide bonds. The smallest absolute Gasteiger partial charge is 0.131 e. The maximum Gasteiger partial charge on any atom is 0.131 e. The lowest BCUT2D eigenvalue weighted by atomic mass is 10.1. The predicted octanol–water partition coefficient (Wildman–Crippen LogP) is 2.54. The van der Waals surface area contributed by atoms with Gasteiger partial charge in [-0.25, -0.2) is 9.97 Å². The Labute approximate surface area is 101 Å². The van der Waals surface area contributed by atoms with Gasteiger partial charge in [0, 0.05) is 12.1 Å². The van der Waals surface area contributed by atoms with Crippen LogP contribution in [0.4, 0.5) is 11.6 Å². The lowest BCUT2D eigenvalue weighted by Crippen LogP contribution is -2.08. The molecule has 0 saturated heterocycles. The van der Waals surface area contributed by atoms with Crippen molar-refractivity contribution in [2.24, 2.45) is 0 Å². The third kappa shape index (κ3) is 2.93. The molecule has 0 radical (unpaired) electrons. The minimum absolute atomic E-state index is 0.185. The monoisotopic (exact) mass is 228 g/mol. The minimum Gasteiger partial charge on any atom is -0.384 e. The molecular weight excluding hydrogens is 212 g/mol. The molecule has 0 aliphatic rings. The Morgan fingerprint density at radius 2 is 1.88 bits per heavy atom. The van der Waals surface area contributed by atoms with E-state index in [1.807, 2.05) is 0 Å². The number of nitrogens with zero attached hydrogens (tertiary/aromatic N) is 2. The van der Waals surface area contributed by atoms with Crippen molar-refractivity contribution in [3.05, 3.63) is 47.8 Å². The summed E-state index contributed by atoms with van der Waals surface area (Å²) in [5.74, 6) is 1.21. The Morgan fingerprint density at radius 3 is 2.53 bits per heavy atom. The van der Waals surface area contributed by atoms with Gasteiger partial charge >= 0.3 is 0 Å². The van der Waals surface area contributed by atoms with Crippen LogP contribution in [0.15, 0.2) is 36.7 Å². The zero-order valence-electron chi connectivity index (χ0n) is 10.0. The molecule has 0 spiro atoms. The highest BCUT2D eigenvalue weighted by atomic mass is 15.0. The van der Waals surface area contributed by atoms with Crippen molar-refractivity contribution in [2.75, 3.05) is 11.1 Å². The second-order valence-electron chi connectivity index (χ2n) is 4.10. The first kappa shape index (κ1) is 11.4. The molecule has 0 bridgehead atoms. The first-order chi connectivity index (χ1) is 8.15. The molecule has 0 fully saturated rings. The van der Waals surface area contributed by atoms with Gasteiger partial charge in [-0.3, -0.25) is 0 Å². The van der Waals surface area contributed by atoms with E-state index in [-0.39, 0.29) is 6.04 Å². The van der Waals surface area contributed by atoms with E-state index in [0.717, 1.165) is 5.82 Å². The van der Waals surface area contributed by atoms with Gasteiger partial charge < -0.3 is 11.1 Å². The van der Waals surface area contributed by atoms with Gasteiger partial charge in [0.25, 0.3) is 0 Å². The average molecular weight is 228 g/mol. The van der Waals surface area contributed by atoms with Crippen LogP contribution in [0.2, 0.25) is 0 Å². The molecule has 2 rings (SSSR count). The Kier molecular flexibility index (Phi) is 3.23. The van der Waals surface area contributed by atoms with E-state index in [4.69, 9.17) is 5.73 Å². The zero-order valence-corrected chi connectivity index (χ0v) is 10.0. The highest BCUT2D eigenvalue weighted by molar-refractivity contribution is 5.45. The van der Waals surface area contributed by atoms with E-state index in [9.17, 15) is 0 Å². The van der Waals surface area contributed by atoms with Crippen molar-refractivity contribution in [3.8, 4) is 0 Å². The van der Waals surface area contributed by atoms with Crippen LogP contribution in [-0.2, 0) is 0 Å². The molecule has 0 saturated carbocycles. The van der Waals surface area contributed by atoms with E-state index in [2.05, 4.69) is 53.4 Å². The molecule has 0 aliphatic carbocycles. The summed E-state index contributed by atoms with van der Waals surface area (Å²) in [6, 6.07) is 10.3. The molecule has 4 heteroatoms. The fourth-order valence-corrected chi connectivity index (χ4v) is 1.61. The number of rotatable bonds is 3. The van der Waals surface area contributed by atoms with Crippen molar-refractivity contribution in [1.29, 1.82) is 0 Å². The summed E-state index contributed by atoms with van der Waals surface area (Å²) in [5.41, 5.74) is 8.07. The van der Waals surface area contributed by atoms with Crippen molar-refractivity contribution in [3.63, 3.8) is 0 Å². The number of aromatic nitrogens is 2. The number of nitrogen functional groups attached to an aromatic ring is 1. The third-order valence-corrected chi connectivity index (χ3v) is 2.63. The van der Waals surface area contributed by atoms with Crippen LogP contribution < -0.4 is 11.1 Å². The Balaban J connectivity index is 2.11. The van der Waals surface area contributed by atoms with Gasteiger partial charge in [0.2, 0.25) is 0 Å². The Hall–Kier alpha value is -2.10. The van der Waals surface area contributed by atoms with Crippen LogP contribution in [0.5, 0.6) is 0 Å². The van der Waals surface area contributed by atoms with Crippen molar-refractivity contribution in [1.82, 2.24) is 9.97 Å². The number of nitrogens with two attached hydrogens (primary N) is 1. The van der Waals surface area contributed by atoms with E-state index in [0.29, 0.717) is 5.82 Å². The van der Waals surface area contributed by atoms with Gasteiger partial charge in [0.05, 0.1) is 0 Å². The molecular formula is C13H16N4. The second kappa shape index (κ2) is 4.82. The number of hydrogen-bond donors (Lipinski definition) is 2. The number of benzene rings is 1. The van der Waals surface area contributed by atoms with Gasteiger partial charge in [-0.15, -0.1) is 0 Å². The summed E-state index contributed by atoms with van der Waals surface area (Å²) in [6.45, 7) is 4.16. The first-order valence-corrected chi connectivity index (χ1v) is 5.56. The molecule has 1 aromatic carbocycles. The number of hydrogen-bond acceptors (Lipinski definition) is 4. The fourth-order valence-electron chi connectivity index (χ4n) is 1.61. The van der Waals surface area contributed by atoms with Gasteiger partial charge in [-0.1, -0.05) is 29.8 Å². The molecule has 88 valence electrons. The van der Waals surface area contributed by atoms with Crippen molar-refractivity contribution < 1.29 is 0 Å². The van der Waals surface area contributed by atoms with E-state index < -0.39 is 0 Å². The zero-order chi connectivity index (χ0) is 12.3. The lowest BCUT2D eigenvalue weighted by Gasteiger charge is -2.15. The first-order valence-electron chi connectivity index (χ1n) is 5.56. The molecule has 1 unspecified atom stereocenters. The highest BCUT2D eigenvalue weighted by Gasteiger charge is 2.05. The SMILES string of the molecule is Cc1ccc(C(C)Nc2cc(N)ncn2)cc1. The summed E-state index contributed by atoms with van der Waals surface area (Å²) in [5, 5.41) is 3.29. The third-order valence-electron chi connectivity index (χ3n) is 2.63. The molecule has 17 heavy (non-hydrogen) atoms. The van der Waals surface area contributed by atoms with Crippen LogP contribution in [0, 0.1) is 6.92 Å². The van der Waals surface area contributed by atoms with Crippen LogP contribution >= 0.6 is 0 Å². The summed E-state index contributed by atoms with van der Waals surface area (Å²) in [6.07, 6.45) is 1.46. The summed E-state index contributed by atoms with van der Waals surface area (Å²) < 4.78 is 0. The number of anilines is 2. The van der Waals surface area contributed by atoms with Gasteiger partial charge in [-0.2, -0.15) is 0 Å². The predicted molar refractivity (Wildman–Crippen MR) is 69.7 cm³/mol. The molecule has 1 aromatic heterocycles. The highest BCUT2D eigenvalue weighted by Crippen LogP contribution is 2.18. The molecule has 1 atom stereocenters. The molecule has 3 N–H and O–H groups in total. The normalized spacial score (nSPS) is 12.1. The minimum atomic E-state index is 0.185. The summed E-state index contributed by atoms with van der Waals surface area (Å²) >= 11 is 0. The second-order valence-corrected chi connectivity index (χ2v) is 4.10. The molecule has 0 aliphatic heterocycles. The topological polar surface area (TPSA) is 63.8 Å². The largest absolute Gasteiger partial charge is 0.384 e.